The first-order valence-corrected chi connectivity index (χ1v) is 11.1. The molecule has 0 aromatic heterocycles. The van der Waals surface area contributed by atoms with Crippen molar-refractivity contribution in [1.82, 2.24) is 0 Å². The van der Waals surface area contributed by atoms with Crippen LogP contribution in [0.25, 0.3) is 0 Å². The minimum atomic E-state index is -2.28. The molecule has 0 bridgehead atoms. The van der Waals surface area contributed by atoms with Crippen molar-refractivity contribution in [2.75, 3.05) is 0 Å². The number of benzene rings is 3. The highest BCUT2D eigenvalue weighted by molar-refractivity contribution is 6.98. The van der Waals surface area contributed by atoms with E-state index in [1.165, 1.54) is 15.9 Å². The predicted octanol–water partition coefficient (Wildman–Crippen LogP) is 4.95. The van der Waals surface area contributed by atoms with Crippen molar-refractivity contribution in [2.45, 2.75) is 25.0 Å². The Bertz CT molecular complexity index is 793. The van der Waals surface area contributed by atoms with Gasteiger partial charge in [0.05, 0.1) is 6.10 Å². The summed E-state index contributed by atoms with van der Waals surface area (Å²) in [4.78, 5) is 0. The van der Waals surface area contributed by atoms with Gasteiger partial charge in [-0.25, -0.2) is 0 Å². The summed E-state index contributed by atoms with van der Waals surface area (Å²) in [5.74, 6) is 0. The number of hydrogen-bond acceptors (Lipinski definition) is 1. The van der Waals surface area contributed by atoms with E-state index in [9.17, 15) is 0 Å². The van der Waals surface area contributed by atoms with Gasteiger partial charge in [-0.1, -0.05) is 91.3 Å². The Hall–Kier alpha value is -1.87. The smallest absolute Gasteiger partial charge is 0.259 e. The van der Waals surface area contributed by atoms with Gasteiger partial charge in [-0.15, -0.1) is 0 Å². The van der Waals surface area contributed by atoms with E-state index in [-0.39, 0.29) is 6.10 Å². The van der Waals surface area contributed by atoms with Crippen LogP contribution in [-0.2, 0) is 4.43 Å². The molecule has 1 aliphatic heterocycles. The van der Waals surface area contributed by atoms with Crippen LogP contribution < -0.4 is 10.4 Å². The Labute approximate surface area is 155 Å². The fraction of sp³-hybridized carbons (Fsp3) is 0.182. The second-order valence-corrected chi connectivity index (χ2v) is 11.0. The minimum absolute atomic E-state index is 0.124. The van der Waals surface area contributed by atoms with E-state index in [2.05, 4.69) is 79.7 Å². The molecular formula is C22H21ClOSi. The van der Waals surface area contributed by atoms with Crippen molar-refractivity contribution in [3.05, 3.63) is 95.5 Å². The Balaban J connectivity index is 1.80. The van der Waals surface area contributed by atoms with E-state index in [0.29, 0.717) is 5.54 Å². The summed E-state index contributed by atoms with van der Waals surface area (Å²) in [6, 6.07) is 29.7. The molecule has 1 nitrogen and oxygen atoms in total. The van der Waals surface area contributed by atoms with E-state index in [1.807, 2.05) is 12.1 Å². The molecule has 25 heavy (non-hydrogen) atoms. The van der Waals surface area contributed by atoms with Crippen molar-refractivity contribution < 1.29 is 4.43 Å². The SMILES string of the molecule is C[C@H]1C[C@H](c2ccc(Cl)cc2)O[Si]1(c1ccccc1)c1ccccc1. The number of rotatable bonds is 3. The van der Waals surface area contributed by atoms with Crippen molar-refractivity contribution in [3.63, 3.8) is 0 Å². The Kier molecular flexibility index (Phi) is 4.51. The van der Waals surface area contributed by atoms with Gasteiger partial charge in [-0.05, 0) is 40.0 Å². The molecule has 0 amide bonds. The fourth-order valence-corrected chi connectivity index (χ4v) is 8.70. The van der Waals surface area contributed by atoms with Crippen molar-refractivity contribution in [2.24, 2.45) is 0 Å². The van der Waals surface area contributed by atoms with Crippen LogP contribution in [0.5, 0.6) is 0 Å². The van der Waals surface area contributed by atoms with Crippen LogP contribution in [0.4, 0.5) is 0 Å². The van der Waals surface area contributed by atoms with Crippen LogP contribution in [0.15, 0.2) is 84.9 Å². The van der Waals surface area contributed by atoms with E-state index in [0.717, 1.165) is 11.4 Å². The first-order chi connectivity index (χ1) is 12.2. The van der Waals surface area contributed by atoms with Crippen LogP contribution in [-0.4, -0.2) is 8.32 Å². The molecule has 0 spiro atoms. The minimum Gasteiger partial charge on any atom is -0.401 e. The lowest BCUT2D eigenvalue weighted by atomic mass is 10.1. The molecule has 0 radical (unpaired) electrons. The van der Waals surface area contributed by atoms with Gasteiger partial charge in [0, 0.05) is 5.02 Å². The molecule has 3 aromatic carbocycles. The average Bonchev–Trinajstić information content (AvgIpc) is 3.02. The summed E-state index contributed by atoms with van der Waals surface area (Å²) in [6.07, 6.45) is 1.16. The highest BCUT2D eigenvalue weighted by atomic mass is 35.5. The molecule has 2 atom stereocenters. The summed E-state index contributed by atoms with van der Waals surface area (Å²) < 4.78 is 6.96. The van der Waals surface area contributed by atoms with Crippen LogP contribution in [0.3, 0.4) is 0 Å². The zero-order valence-electron chi connectivity index (χ0n) is 14.2. The predicted molar refractivity (Wildman–Crippen MR) is 107 cm³/mol. The maximum atomic E-state index is 6.96. The van der Waals surface area contributed by atoms with Crippen molar-refractivity contribution in [1.29, 1.82) is 0 Å². The molecule has 1 heterocycles. The lowest BCUT2D eigenvalue weighted by molar-refractivity contribution is 0.234. The van der Waals surface area contributed by atoms with E-state index in [4.69, 9.17) is 16.0 Å². The van der Waals surface area contributed by atoms with Gasteiger partial charge < -0.3 is 4.43 Å². The quantitative estimate of drug-likeness (QED) is 0.597. The topological polar surface area (TPSA) is 9.23 Å². The van der Waals surface area contributed by atoms with E-state index >= 15 is 0 Å². The number of hydrogen-bond donors (Lipinski definition) is 0. The highest BCUT2D eigenvalue weighted by Crippen LogP contribution is 2.44. The third kappa shape index (κ3) is 2.95. The van der Waals surface area contributed by atoms with Gasteiger partial charge in [0.1, 0.15) is 0 Å². The Morgan fingerprint density at radius 2 is 1.32 bits per heavy atom. The maximum Gasteiger partial charge on any atom is 0.259 e. The molecule has 1 saturated heterocycles. The summed E-state index contributed by atoms with van der Waals surface area (Å²) in [6.45, 7) is 2.35. The maximum absolute atomic E-state index is 6.96. The third-order valence-corrected chi connectivity index (χ3v) is 10.2. The first-order valence-electron chi connectivity index (χ1n) is 8.74. The van der Waals surface area contributed by atoms with Gasteiger partial charge in [0.25, 0.3) is 8.32 Å². The van der Waals surface area contributed by atoms with E-state index in [1.54, 1.807) is 0 Å². The standard InChI is InChI=1S/C22H21ClOSi/c1-17-16-22(18-12-14-19(23)15-13-18)24-25(17,20-8-4-2-5-9-20)21-10-6-3-7-11-21/h2-15,17,22H,16H2,1H3/t17-,22+/m0/s1. The van der Waals surface area contributed by atoms with Crippen LogP contribution in [0.2, 0.25) is 10.6 Å². The number of halogens is 1. The van der Waals surface area contributed by atoms with Crippen LogP contribution in [0, 0.1) is 0 Å². The van der Waals surface area contributed by atoms with Crippen LogP contribution in [0.1, 0.15) is 25.0 Å². The Morgan fingerprint density at radius 1 is 0.800 bits per heavy atom. The van der Waals surface area contributed by atoms with Gasteiger partial charge >= 0.3 is 0 Å². The molecule has 0 aliphatic carbocycles. The summed E-state index contributed by atoms with van der Waals surface area (Å²) in [7, 11) is -2.28. The average molecular weight is 365 g/mol. The summed E-state index contributed by atoms with van der Waals surface area (Å²) in [5, 5.41) is 3.47. The fourth-order valence-electron chi connectivity index (χ4n) is 4.00. The third-order valence-electron chi connectivity index (χ3n) is 5.24. The van der Waals surface area contributed by atoms with Crippen LogP contribution >= 0.6 is 11.6 Å². The van der Waals surface area contributed by atoms with Crippen molar-refractivity contribution in [3.8, 4) is 0 Å². The molecule has 4 rings (SSSR count). The first kappa shape index (κ1) is 16.6. The molecule has 126 valence electrons. The zero-order valence-corrected chi connectivity index (χ0v) is 16.0. The molecule has 3 heteroatoms. The monoisotopic (exact) mass is 364 g/mol. The normalized spacial score (nSPS) is 22.0. The second kappa shape index (κ2) is 6.79. The lowest BCUT2D eigenvalue weighted by Crippen LogP contribution is -2.60. The highest BCUT2D eigenvalue weighted by Gasteiger charge is 2.52. The molecular weight excluding hydrogens is 344 g/mol. The molecule has 0 saturated carbocycles. The molecule has 0 unspecified atom stereocenters. The second-order valence-electron chi connectivity index (χ2n) is 6.76. The van der Waals surface area contributed by atoms with Gasteiger partial charge in [0.15, 0.2) is 0 Å². The van der Waals surface area contributed by atoms with Gasteiger partial charge in [-0.2, -0.15) is 0 Å². The molecule has 3 aromatic rings. The zero-order chi connectivity index (χ0) is 17.3. The largest absolute Gasteiger partial charge is 0.401 e. The van der Waals surface area contributed by atoms with Crippen molar-refractivity contribution >= 4 is 30.3 Å². The molecule has 1 aliphatic rings. The molecule has 0 N–H and O–H groups in total. The Morgan fingerprint density at radius 3 is 1.84 bits per heavy atom. The lowest BCUT2D eigenvalue weighted by Gasteiger charge is -2.31. The van der Waals surface area contributed by atoms with E-state index < -0.39 is 8.32 Å². The van der Waals surface area contributed by atoms with Gasteiger partial charge in [-0.3, -0.25) is 0 Å². The summed E-state index contributed by atoms with van der Waals surface area (Å²) in [5.41, 5.74) is 1.72. The summed E-state index contributed by atoms with van der Waals surface area (Å²) >= 11 is 6.06. The van der Waals surface area contributed by atoms with Gasteiger partial charge in [0.2, 0.25) is 0 Å². The molecule has 1 fully saturated rings.